The van der Waals surface area contributed by atoms with Crippen molar-refractivity contribution in [2.45, 2.75) is 52.2 Å². The van der Waals surface area contributed by atoms with E-state index in [9.17, 15) is 28.1 Å². The van der Waals surface area contributed by atoms with E-state index in [4.69, 9.17) is 23.2 Å². The van der Waals surface area contributed by atoms with E-state index in [-0.39, 0.29) is 35.4 Å². The van der Waals surface area contributed by atoms with Crippen LogP contribution in [-0.2, 0) is 26.2 Å². The molecule has 0 saturated carbocycles. The lowest BCUT2D eigenvalue weighted by Gasteiger charge is -2.33. The van der Waals surface area contributed by atoms with Crippen molar-refractivity contribution in [3.63, 3.8) is 0 Å². The molecule has 2 rings (SSSR count). The van der Waals surface area contributed by atoms with E-state index in [1.807, 2.05) is 13.8 Å². The second-order valence-corrected chi connectivity index (χ2v) is 11.3. The van der Waals surface area contributed by atoms with Crippen molar-refractivity contribution in [2.75, 3.05) is 17.1 Å². The number of non-ortho nitro benzene ring substituents is 1. The lowest BCUT2D eigenvalue weighted by molar-refractivity contribution is -0.384. The normalized spacial score (nSPS) is 12.9. The smallest absolute Gasteiger partial charge is 0.271 e. The standard InChI is InChI=1S/C24H30Cl2N4O6S/c1-5-16(3)27-24(32)22(6-2)28(14-17-10-11-18(25)12-21(17)26)23(31)15-29(37(4,35)36)19-8-7-9-20(13-19)30(33)34/h7-13,16,22H,5-6,14-15H2,1-4H3,(H,27,32)/t16-,22-/m1/s1. The third-order valence-corrected chi connectivity index (χ3v) is 7.48. The lowest BCUT2D eigenvalue weighted by Crippen LogP contribution is -2.53. The third kappa shape index (κ3) is 8.31. The van der Waals surface area contributed by atoms with Crippen LogP contribution in [0.3, 0.4) is 0 Å². The van der Waals surface area contributed by atoms with Gasteiger partial charge in [-0.2, -0.15) is 0 Å². The van der Waals surface area contributed by atoms with Crippen LogP contribution >= 0.6 is 23.2 Å². The van der Waals surface area contributed by atoms with Crippen LogP contribution in [0.25, 0.3) is 0 Å². The van der Waals surface area contributed by atoms with Gasteiger partial charge in [0.15, 0.2) is 0 Å². The van der Waals surface area contributed by atoms with E-state index in [2.05, 4.69) is 5.32 Å². The molecule has 0 aliphatic carbocycles. The zero-order chi connectivity index (χ0) is 27.9. The van der Waals surface area contributed by atoms with Gasteiger partial charge in [0.25, 0.3) is 5.69 Å². The van der Waals surface area contributed by atoms with Gasteiger partial charge in [0.1, 0.15) is 12.6 Å². The summed E-state index contributed by atoms with van der Waals surface area (Å²) >= 11 is 12.3. The number of benzene rings is 2. The average molecular weight is 573 g/mol. The van der Waals surface area contributed by atoms with Crippen LogP contribution in [0.15, 0.2) is 42.5 Å². The van der Waals surface area contributed by atoms with Crippen molar-refractivity contribution in [1.82, 2.24) is 10.2 Å². The highest BCUT2D eigenvalue weighted by atomic mass is 35.5. The highest BCUT2D eigenvalue weighted by molar-refractivity contribution is 7.92. The van der Waals surface area contributed by atoms with E-state index in [1.165, 1.54) is 29.2 Å². The first-order valence-electron chi connectivity index (χ1n) is 11.5. The zero-order valence-electron chi connectivity index (χ0n) is 21.0. The SMILES string of the molecule is CC[C@@H](C)NC(=O)[C@@H](CC)N(Cc1ccc(Cl)cc1Cl)C(=O)CN(c1cccc([N+](=O)[O-])c1)S(C)(=O)=O. The van der Waals surface area contributed by atoms with Crippen LogP contribution in [0.2, 0.25) is 10.0 Å². The fourth-order valence-electron chi connectivity index (χ4n) is 3.57. The number of hydrogen-bond donors (Lipinski definition) is 1. The molecule has 0 aliphatic heterocycles. The summed E-state index contributed by atoms with van der Waals surface area (Å²) in [4.78, 5) is 38.6. The summed E-state index contributed by atoms with van der Waals surface area (Å²) in [5.41, 5.74) is 0.129. The Kier molecular flexibility index (Phi) is 10.7. The zero-order valence-corrected chi connectivity index (χ0v) is 23.3. The maximum absolute atomic E-state index is 13.7. The highest BCUT2D eigenvalue weighted by Gasteiger charge is 2.32. The van der Waals surface area contributed by atoms with Crippen LogP contribution in [0, 0.1) is 10.1 Å². The molecule has 0 spiro atoms. The molecule has 37 heavy (non-hydrogen) atoms. The Bertz CT molecular complexity index is 1260. The molecule has 0 unspecified atom stereocenters. The summed E-state index contributed by atoms with van der Waals surface area (Å²) in [7, 11) is -4.03. The Hall–Kier alpha value is -2.89. The number of nitrogens with one attached hydrogen (secondary N) is 1. The van der Waals surface area contributed by atoms with Crippen molar-refractivity contribution in [1.29, 1.82) is 0 Å². The number of nitro groups is 1. The van der Waals surface area contributed by atoms with Crippen molar-refractivity contribution < 1.29 is 22.9 Å². The van der Waals surface area contributed by atoms with Crippen LogP contribution in [0.5, 0.6) is 0 Å². The molecule has 0 aromatic heterocycles. The topological polar surface area (TPSA) is 130 Å². The Labute approximate surface area is 226 Å². The van der Waals surface area contributed by atoms with E-state index >= 15 is 0 Å². The van der Waals surface area contributed by atoms with Gasteiger partial charge in [-0.25, -0.2) is 8.42 Å². The van der Waals surface area contributed by atoms with Gasteiger partial charge in [-0.05, 0) is 43.5 Å². The van der Waals surface area contributed by atoms with Gasteiger partial charge in [-0.1, -0.05) is 49.2 Å². The Morgan fingerprint density at radius 3 is 2.32 bits per heavy atom. The molecular formula is C24H30Cl2N4O6S. The molecule has 0 aliphatic rings. The lowest BCUT2D eigenvalue weighted by atomic mass is 10.1. The number of nitro benzene ring substituents is 1. The Morgan fingerprint density at radius 2 is 1.78 bits per heavy atom. The van der Waals surface area contributed by atoms with Gasteiger partial charge in [-0.3, -0.25) is 24.0 Å². The summed E-state index contributed by atoms with van der Waals surface area (Å²) in [6.45, 7) is 4.71. The van der Waals surface area contributed by atoms with Crippen molar-refractivity contribution >= 4 is 56.4 Å². The summed E-state index contributed by atoms with van der Waals surface area (Å²) in [5.74, 6) is -1.08. The number of hydrogen-bond acceptors (Lipinski definition) is 6. The molecule has 2 atom stereocenters. The number of sulfonamides is 1. The molecule has 2 aromatic rings. The minimum Gasteiger partial charge on any atom is -0.352 e. The first-order valence-corrected chi connectivity index (χ1v) is 14.1. The maximum atomic E-state index is 13.7. The molecule has 0 bridgehead atoms. The fraction of sp³-hybridized carbons (Fsp3) is 0.417. The summed E-state index contributed by atoms with van der Waals surface area (Å²) in [5, 5.41) is 14.8. The van der Waals surface area contributed by atoms with Crippen LogP contribution < -0.4 is 9.62 Å². The van der Waals surface area contributed by atoms with Crippen molar-refractivity contribution in [2.24, 2.45) is 0 Å². The highest BCUT2D eigenvalue weighted by Crippen LogP contribution is 2.26. The first kappa shape index (κ1) is 30.3. The quantitative estimate of drug-likeness (QED) is 0.296. The fourth-order valence-corrected chi connectivity index (χ4v) is 4.88. The minimum absolute atomic E-state index is 0.0494. The van der Waals surface area contributed by atoms with Crippen molar-refractivity contribution in [3.8, 4) is 0 Å². The largest absolute Gasteiger partial charge is 0.352 e. The molecule has 2 aromatic carbocycles. The van der Waals surface area contributed by atoms with Gasteiger partial charge >= 0.3 is 0 Å². The summed E-state index contributed by atoms with van der Waals surface area (Å²) < 4.78 is 26.1. The number of nitrogens with zero attached hydrogens (tertiary/aromatic N) is 3. The number of rotatable bonds is 12. The monoisotopic (exact) mass is 572 g/mol. The molecule has 1 N–H and O–H groups in total. The molecule has 0 heterocycles. The van der Waals surface area contributed by atoms with Crippen LogP contribution in [-0.4, -0.2) is 54.9 Å². The predicted octanol–water partition coefficient (Wildman–Crippen LogP) is 4.39. The predicted molar refractivity (Wildman–Crippen MR) is 144 cm³/mol. The van der Waals surface area contributed by atoms with Crippen molar-refractivity contribution in [3.05, 3.63) is 68.2 Å². The number of carbonyl (C=O) groups excluding carboxylic acids is 2. The molecule has 0 fully saturated rings. The second kappa shape index (κ2) is 13.1. The molecule has 0 radical (unpaired) electrons. The number of carbonyl (C=O) groups is 2. The molecule has 0 saturated heterocycles. The van der Waals surface area contributed by atoms with Crippen LogP contribution in [0.1, 0.15) is 39.2 Å². The van der Waals surface area contributed by atoms with Gasteiger partial charge in [-0.15, -0.1) is 0 Å². The summed E-state index contributed by atoms with van der Waals surface area (Å²) in [6.07, 6.45) is 1.81. The summed E-state index contributed by atoms with van der Waals surface area (Å²) in [6, 6.07) is 8.62. The van der Waals surface area contributed by atoms with E-state index in [0.717, 1.165) is 16.6 Å². The van der Waals surface area contributed by atoms with Gasteiger partial charge < -0.3 is 10.2 Å². The van der Waals surface area contributed by atoms with Crippen LogP contribution in [0.4, 0.5) is 11.4 Å². The van der Waals surface area contributed by atoms with Gasteiger partial charge in [0.2, 0.25) is 21.8 Å². The molecular weight excluding hydrogens is 543 g/mol. The second-order valence-electron chi connectivity index (χ2n) is 8.55. The molecule has 202 valence electrons. The Balaban J connectivity index is 2.51. The molecule has 13 heteroatoms. The third-order valence-electron chi connectivity index (χ3n) is 5.75. The Morgan fingerprint density at radius 1 is 1.11 bits per heavy atom. The van der Waals surface area contributed by atoms with E-state index in [1.54, 1.807) is 19.1 Å². The number of amides is 2. The van der Waals surface area contributed by atoms with Gasteiger partial charge in [0.05, 0.1) is 16.9 Å². The van der Waals surface area contributed by atoms with E-state index in [0.29, 0.717) is 17.0 Å². The minimum atomic E-state index is -4.03. The molecule has 2 amide bonds. The average Bonchev–Trinajstić information content (AvgIpc) is 2.82. The molecule has 10 nitrogen and oxygen atoms in total. The van der Waals surface area contributed by atoms with Gasteiger partial charge in [0, 0.05) is 34.8 Å². The number of anilines is 1. The first-order chi connectivity index (χ1) is 17.3. The number of halogens is 2. The maximum Gasteiger partial charge on any atom is 0.271 e. The van der Waals surface area contributed by atoms with E-state index < -0.39 is 39.3 Å².